The van der Waals surface area contributed by atoms with Gasteiger partial charge in [0.1, 0.15) is 0 Å². The number of nitro groups is 1. The van der Waals surface area contributed by atoms with E-state index in [2.05, 4.69) is 9.88 Å². The Kier molecular flexibility index (Phi) is 5.26. The Labute approximate surface area is 171 Å². The van der Waals surface area contributed by atoms with Crippen LogP contribution in [-0.2, 0) is 19.5 Å². The summed E-state index contributed by atoms with van der Waals surface area (Å²) in [4.78, 5) is 22.0. The van der Waals surface area contributed by atoms with Gasteiger partial charge in [-0.25, -0.2) is 9.97 Å². The minimum Gasteiger partial charge on any atom is -0.294 e. The van der Waals surface area contributed by atoms with Crippen molar-refractivity contribution in [1.82, 2.24) is 14.9 Å². The molecule has 0 radical (unpaired) electrons. The number of hydrogen-bond donors (Lipinski definition) is 0. The van der Waals surface area contributed by atoms with Crippen molar-refractivity contribution >= 4 is 28.9 Å². The first kappa shape index (κ1) is 18.8. The molecule has 2 aromatic carbocycles. The van der Waals surface area contributed by atoms with E-state index >= 15 is 0 Å². The third-order valence-corrected chi connectivity index (χ3v) is 5.37. The maximum absolute atomic E-state index is 11.0. The van der Waals surface area contributed by atoms with Gasteiger partial charge in [-0.05, 0) is 35.9 Å². The molecule has 6 nitrogen and oxygen atoms in total. The SMILES string of the molecule is O=[N+]([O-])c1ccc(Cl)c(CN2CCc3nc(-c4ccc(Cl)cc4)ncc3C2)c1. The van der Waals surface area contributed by atoms with E-state index in [4.69, 9.17) is 28.2 Å². The van der Waals surface area contributed by atoms with Crippen molar-refractivity contribution < 1.29 is 4.92 Å². The molecular formula is C20H16Cl2N4O2. The molecule has 0 atom stereocenters. The molecule has 8 heteroatoms. The van der Waals surface area contributed by atoms with E-state index in [-0.39, 0.29) is 5.69 Å². The summed E-state index contributed by atoms with van der Waals surface area (Å²) in [6.45, 7) is 2.01. The predicted octanol–water partition coefficient (Wildman–Crippen LogP) is 4.92. The van der Waals surface area contributed by atoms with Gasteiger partial charge in [-0.15, -0.1) is 0 Å². The Morgan fingerprint density at radius 2 is 1.93 bits per heavy atom. The molecule has 1 aliphatic rings. The average Bonchev–Trinajstić information content (AvgIpc) is 2.69. The van der Waals surface area contributed by atoms with Crippen molar-refractivity contribution in [3.05, 3.63) is 85.6 Å². The second-order valence-electron chi connectivity index (χ2n) is 6.67. The highest BCUT2D eigenvalue weighted by Crippen LogP contribution is 2.27. The van der Waals surface area contributed by atoms with Crippen molar-refractivity contribution in [2.24, 2.45) is 0 Å². The van der Waals surface area contributed by atoms with E-state index in [1.165, 1.54) is 12.1 Å². The van der Waals surface area contributed by atoms with Gasteiger partial charge in [0.2, 0.25) is 0 Å². The molecule has 1 aromatic heterocycles. The van der Waals surface area contributed by atoms with Crippen LogP contribution in [-0.4, -0.2) is 26.3 Å². The Balaban J connectivity index is 1.52. The largest absolute Gasteiger partial charge is 0.294 e. The van der Waals surface area contributed by atoms with Crippen molar-refractivity contribution in [3.8, 4) is 11.4 Å². The van der Waals surface area contributed by atoms with E-state index in [1.807, 2.05) is 30.5 Å². The number of hydrogen-bond acceptors (Lipinski definition) is 5. The van der Waals surface area contributed by atoms with Crippen LogP contribution < -0.4 is 0 Å². The lowest BCUT2D eigenvalue weighted by atomic mass is 10.1. The summed E-state index contributed by atoms with van der Waals surface area (Å²) in [7, 11) is 0. The fourth-order valence-corrected chi connectivity index (χ4v) is 3.59. The molecule has 0 saturated heterocycles. The van der Waals surface area contributed by atoms with E-state index < -0.39 is 4.92 Å². The molecule has 0 bridgehead atoms. The standard InChI is InChI=1S/C20H16Cl2N4O2/c21-16-3-1-13(2-4-16)20-23-10-15-12-25(8-7-19(15)24-20)11-14-9-17(26(27)28)5-6-18(14)22/h1-6,9-10H,7-8,11-12H2. The predicted molar refractivity (Wildman–Crippen MR) is 108 cm³/mol. The van der Waals surface area contributed by atoms with Crippen LogP contribution in [0.1, 0.15) is 16.8 Å². The fourth-order valence-electron chi connectivity index (χ4n) is 3.28. The van der Waals surface area contributed by atoms with Crippen LogP contribution in [0.2, 0.25) is 10.0 Å². The maximum atomic E-state index is 11.0. The van der Waals surface area contributed by atoms with Crippen molar-refractivity contribution in [1.29, 1.82) is 0 Å². The summed E-state index contributed by atoms with van der Waals surface area (Å²) >= 11 is 12.2. The van der Waals surface area contributed by atoms with Crippen molar-refractivity contribution in [2.75, 3.05) is 6.54 Å². The summed E-state index contributed by atoms with van der Waals surface area (Å²) in [6.07, 6.45) is 2.64. The molecule has 4 rings (SSSR count). The third kappa shape index (κ3) is 3.99. The number of benzene rings is 2. The first-order valence-electron chi connectivity index (χ1n) is 8.75. The minimum absolute atomic E-state index is 0.0488. The maximum Gasteiger partial charge on any atom is 0.269 e. The van der Waals surface area contributed by atoms with Crippen LogP contribution in [0.15, 0.2) is 48.7 Å². The van der Waals surface area contributed by atoms with Gasteiger partial charge in [0.05, 0.1) is 10.6 Å². The smallest absolute Gasteiger partial charge is 0.269 e. The first-order chi connectivity index (χ1) is 13.5. The molecule has 0 spiro atoms. The summed E-state index contributed by atoms with van der Waals surface area (Å²) < 4.78 is 0. The molecule has 0 aliphatic carbocycles. The molecule has 3 aromatic rings. The normalized spacial score (nSPS) is 13.9. The number of fused-ring (bicyclic) bond motifs is 1. The van der Waals surface area contributed by atoms with Crippen molar-refractivity contribution in [2.45, 2.75) is 19.5 Å². The van der Waals surface area contributed by atoms with Crippen LogP contribution in [0.4, 0.5) is 5.69 Å². The summed E-state index contributed by atoms with van der Waals surface area (Å²) in [6, 6.07) is 12.0. The van der Waals surface area contributed by atoms with Crippen LogP contribution in [0.3, 0.4) is 0 Å². The van der Waals surface area contributed by atoms with E-state index in [0.717, 1.165) is 35.3 Å². The van der Waals surface area contributed by atoms with Gasteiger partial charge in [-0.3, -0.25) is 15.0 Å². The first-order valence-corrected chi connectivity index (χ1v) is 9.51. The van der Waals surface area contributed by atoms with E-state index in [9.17, 15) is 10.1 Å². The average molecular weight is 415 g/mol. The van der Waals surface area contributed by atoms with Crippen molar-refractivity contribution in [3.63, 3.8) is 0 Å². The van der Waals surface area contributed by atoms with Crippen LogP contribution in [0.5, 0.6) is 0 Å². The summed E-state index contributed by atoms with van der Waals surface area (Å²) in [5.74, 6) is 0.686. The monoisotopic (exact) mass is 414 g/mol. The molecule has 1 aliphatic heterocycles. The van der Waals surface area contributed by atoms with Crippen LogP contribution >= 0.6 is 23.2 Å². The lowest BCUT2D eigenvalue weighted by Crippen LogP contribution is -2.31. The zero-order chi connectivity index (χ0) is 19.7. The lowest BCUT2D eigenvalue weighted by molar-refractivity contribution is -0.384. The lowest BCUT2D eigenvalue weighted by Gasteiger charge is -2.28. The molecule has 0 fully saturated rings. The minimum atomic E-state index is -0.405. The van der Waals surface area contributed by atoms with Gasteiger partial charge in [0.15, 0.2) is 5.82 Å². The molecule has 28 heavy (non-hydrogen) atoms. The van der Waals surface area contributed by atoms with Gasteiger partial charge in [0.25, 0.3) is 5.69 Å². The number of non-ortho nitro benzene ring substituents is 1. The number of aromatic nitrogens is 2. The van der Waals surface area contributed by atoms with Gasteiger partial charge in [-0.2, -0.15) is 0 Å². The number of nitrogens with zero attached hydrogens (tertiary/aromatic N) is 4. The highest BCUT2D eigenvalue weighted by atomic mass is 35.5. The van der Waals surface area contributed by atoms with E-state index in [0.29, 0.717) is 29.0 Å². The molecule has 0 N–H and O–H groups in total. The Morgan fingerprint density at radius 1 is 1.14 bits per heavy atom. The Bertz CT molecular complexity index is 1040. The van der Waals surface area contributed by atoms with Crippen LogP contribution in [0.25, 0.3) is 11.4 Å². The molecule has 0 saturated carbocycles. The van der Waals surface area contributed by atoms with Gasteiger partial charge in [-0.1, -0.05) is 23.2 Å². The summed E-state index contributed by atoms with van der Waals surface area (Å²) in [5, 5.41) is 12.2. The summed E-state index contributed by atoms with van der Waals surface area (Å²) in [5.41, 5.74) is 3.82. The van der Waals surface area contributed by atoms with Gasteiger partial charge < -0.3 is 0 Å². The molecule has 142 valence electrons. The molecule has 2 heterocycles. The fraction of sp³-hybridized carbons (Fsp3) is 0.200. The molecule has 0 amide bonds. The van der Waals surface area contributed by atoms with Gasteiger partial charge >= 0.3 is 0 Å². The van der Waals surface area contributed by atoms with E-state index in [1.54, 1.807) is 6.07 Å². The number of nitro benzene ring substituents is 1. The quantitative estimate of drug-likeness (QED) is 0.447. The zero-order valence-corrected chi connectivity index (χ0v) is 16.3. The highest BCUT2D eigenvalue weighted by Gasteiger charge is 2.20. The highest BCUT2D eigenvalue weighted by molar-refractivity contribution is 6.31. The van der Waals surface area contributed by atoms with Gasteiger partial charge in [0, 0.05) is 65.6 Å². The Hall–Kier alpha value is -2.54. The topological polar surface area (TPSA) is 72.2 Å². The Morgan fingerprint density at radius 3 is 2.68 bits per heavy atom. The molecular weight excluding hydrogens is 399 g/mol. The second-order valence-corrected chi connectivity index (χ2v) is 7.51. The number of rotatable bonds is 4. The van der Waals surface area contributed by atoms with Crippen LogP contribution in [0, 0.1) is 10.1 Å². The zero-order valence-electron chi connectivity index (χ0n) is 14.8. The number of halogens is 2. The third-order valence-electron chi connectivity index (χ3n) is 4.75. The molecule has 0 unspecified atom stereocenters. The second kappa shape index (κ2) is 7.83.